The molecule has 2 aromatic carbocycles. The average molecular weight is 397 g/mol. The number of ether oxygens (including phenoxy) is 1. The van der Waals surface area contributed by atoms with Crippen molar-refractivity contribution in [1.29, 1.82) is 0 Å². The number of rotatable bonds is 5. The van der Waals surface area contributed by atoms with Crippen LogP contribution in [0.4, 0.5) is 0 Å². The van der Waals surface area contributed by atoms with Gasteiger partial charge in [-0.3, -0.25) is 9.59 Å². The molecule has 6 heteroatoms. The fraction of sp³-hybridized carbons (Fsp3) is 0.0476. The molecule has 0 fully saturated rings. The minimum absolute atomic E-state index is 0.0216. The van der Waals surface area contributed by atoms with Gasteiger partial charge in [-0.2, -0.15) is 0 Å². The van der Waals surface area contributed by atoms with Gasteiger partial charge in [0.1, 0.15) is 5.58 Å². The summed E-state index contributed by atoms with van der Waals surface area (Å²) >= 11 is 7.62. The second kappa shape index (κ2) is 7.39. The smallest absolute Gasteiger partial charge is 0.235 e. The third-order valence-electron chi connectivity index (χ3n) is 4.02. The van der Waals surface area contributed by atoms with E-state index in [1.807, 2.05) is 5.38 Å². The second-order valence-corrected chi connectivity index (χ2v) is 7.11. The van der Waals surface area contributed by atoms with Crippen molar-refractivity contribution in [3.05, 3.63) is 86.2 Å². The Morgan fingerprint density at radius 3 is 2.59 bits per heavy atom. The van der Waals surface area contributed by atoms with E-state index in [2.05, 4.69) is 0 Å². The number of carbonyl (C=O) groups is 1. The molecule has 0 amide bonds. The maximum atomic E-state index is 13.0. The van der Waals surface area contributed by atoms with Gasteiger partial charge in [0.25, 0.3) is 0 Å². The number of hydrogen-bond donors (Lipinski definition) is 0. The molecule has 0 N–H and O–H groups in total. The fourth-order valence-electron chi connectivity index (χ4n) is 2.72. The molecular weight excluding hydrogens is 384 g/mol. The van der Waals surface area contributed by atoms with Crippen LogP contribution >= 0.6 is 22.9 Å². The molecule has 0 aliphatic rings. The molecule has 0 aliphatic heterocycles. The van der Waals surface area contributed by atoms with Crippen LogP contribution in [-0.2, 0) is 0 Å². The summed E-state index contributed by atoms with van der Waals surface area (Å²) in [5, 5.41) is 2.62. The van der Waals surface area contributed by atoms with Gasteiger partial charge in [0.05, 0.1) is 15.3 Å². The predicted octanol–water partition coefficient (Wildman–Crippen LogP) is 5.44. The molecule has 0 spiro atoms. The van der Waals surface area contributed by atoms with Crippen molar-refractivity contribution in [2.45, 2.75) is 0 Å². The van der Waals surface area contributed by atoms with Crippen LogP contribution in [-0.4, -0.2) is 12.4 Å². The Labute approximate surface area is 163 Å². The highest BCUT2D eigenvalue weighted by Gasteiger charge is 2.20. The van der Waals surface area contributed by atoms with Gasteiger partial charge in [0, 0.05) is 5.56 Å². The number of thiophene rings is 1. The van der Waals surface area contributed by atoms with E-state index in [-0.39, 0.29) is 29.3 Å². The van der Waals surface area contributed by atoms with Crippen LogP contribution in [0.15, 0.2) is 75.3 Å². The van der Waals surface area contributed by atoms with Crippen molar-refractivity contribution >= 4 is 39.7 Å². The normalized spacial score (nSPS) is 10.9. The lowest BCUT2D eigenvalue weighted by Crippen LogP contribution is -2.16. The number of ketones is 1. The summed E-state index contributed by atoms with van der Waals surface area (Å²) in [7, 11) is 0. The first-order valence-corrected chi connectivity index (χ1v) is 9.41. The zero-order valence-corrected chi connectivity index (χ0v) is 15.5. The molecule has 0 unspecified atom stereocenters. The number of benzene rings is 2. The minimum Gasteiger partial charge on any atom is -0.478 e. The van der Waals surface area contributed by atoms with E-state index < -0.39 is 0 Å². The maximum absolute atomic E-state index is 13.0. The maximum Gasteiger partial charge on any atom is 0.235 e. The van der Waals surface area contributed by atoms with Crippen molar-refractivity contribution < 1.29 is 13.9 Å². The van der Waals surface area contributed by atoms with Gasteiger partial charge in [-0.1, -0.05) is 41.9 Å². The Morgan fingerprint density at radius 1 is 1.04 bits per heavy atom. The molecule has 4 rings (SSSR count). The number of Topliss-reactive ketones (excluding diaryl/α,β-unsaturated/α-hetero) is 1. The molecule has 0 bridgehead atoms. The van der Waals surface area contributed by atoms with Crippen LogP contribution < -0.4 is 10.2 Å². The van der Waals surface area contributed by atoms with E-state index in [1.165, 1.54) is 11.3 Å². The van der Waals surface area contributed by atoms with Gasteiger partial charge in [0.15, 0.2) is 12.4 Å². The molecule has 0 aliphatic carbocycles. The lowest BCUT2D eigenvalue weighted by atomic mass is 10.1. The zero-order valence-electron chi connectivity index (χ0n) is 14.0. The van der Waals surface area contributed by atoms with Gasteiger partial charge in [-0.25, -0.2) is 0 Å². The lowest BCUT2D eigenvalue weighted by molar-refractivity contribution is 0.0924. The van der Waals surface area contributed by atoms with E-state index >= 15 is 0 Å². The van der Waals surface area contributed by atoms with E-state index in [0.717, 1.165) is 0 Å². The lowest BCUT2D eigenvalue weighted by Gasteiger charge is -2.12. The molecule has 0 atom stereocenters. The molecule has 0 saturated carbocycles. The number of halogens is 1. The highest BCUT2D eigenvalue weighted by Crippen LogP contribution is 2.35. The summed E-state index contributed by atoms with van der Waals surface area (Å²) in [5.41, 5.74) is 0.612. The number of carbonyl (C=O) groups excluding carboxylic acids is 1. The van der Waals surface area contributed by atoms with E-state index in [4.69, 9.17) is 20.8 Å². The van der Waals surface area contributed by atoms with Gasteiger partial charge < -0.3 is 9.15 Å². The zero-order chi connectivity index (χ0) is 18.8. The molecule has 134 valence electrons. The topological polar surface area (TPSA) is 56.5 Å². The van der Waals surface area contributed by atoms with Crippen molar-refractivity contribution in [1.82, 2.24) is 0 Å². The largest absolute Gasteiger partial charge is 0.478 e. The SMILES string of the molecule is O=C(COc1c(-c2ccccc2Cl)oc2ccccc2c1=O)c1cccs1. The third kappa shape index (κ3) is 3.39. The molecule has 4 nitrogen and oxygen atoms in total. The summed E-state index contributed by atoms with van der Waals surface area (Å²) in [5.74, 6) is -0.0161. The van der Waals surface area contributed by atoms with Crippen molar-refractivity contribution in [3.8, 4) is 17.1 Å². The summed E-state index contributed by atoms with van der Waals surface area (Å²) in [6.07, 6.45) is 0. The Kier molecular flexibility index (Phi) is 4.79. The number of fused-ring (bicyclic) bond motifs is 1. The van der Waals surface area contributed by atoms with Crippen LogP contribution in [0.3, 0.4) is 0 Å². The molecule has 0 saturated heterocycles. The van der Waals surface area contributed by atoms with E-state index in [9.17, 15) is 9.59 Å². The molecule has 2 aromatic heterocycles. The van der Waals surface area contributed by atoms with Crippen LogP contribution in [0, 0.1) is 0 Å². The third-order valence-corrected chi connectivity index (χ3v) is 5.26. The van der Waals surface area contributed by atoms with E-state index in [0.29, 0.717) is 26.4 Å². The summed E-state index contributed by atoms with van der Waals surface area (Å²) in [6.45, 7) is -0.263. The van der Waals surface area contributed by atoms with Gasteiger partial charge in [-0.15, -0.1) is 11.3 Å². The minimum atomic E-state index is -0.342. The molecule has 2 heterocycles. The standard InChI is InChI=1S/C21H13ClO4S/c22-15-8-3-1-6-13(15)20-21(25-12-16(23)18-10-5-11-27-18)19(24)14-7-2-4-9-17(14)26-20/h1-11H,12H2. The second-order valence-electron chi connectivity index (χ2n) is 5.75. The Morgan fingerprint density at radius 2 is 1.81 bits per heavy atom. The fourth-order valence-corrected chi connectivity index (χ4v) is 3.60. The highest BCUT2D eigenvalue weighted by molar-refractivity contribution is 7.12. The van der Waals surface area contributed by atoms with Crippen LogP contribution in [0.1, 0.15) is 9.67 Å². The van der Waals surface area contributed by atoms with Crippen LogP contribution in [0.5, 0.6) is 5.75 Å². The van der Waals surface area contributed by atoms with Gasteiger partial charge in [-0.05, 0) is 35.7 Å². The van der Waals surface area contributed by atoms with E-state index in [1.54, 1.807) is 60.7 Å². The first-order valence-electron chi connectivity index (χ1n) is 8.15. The highest BCUT2D eigenvalue weighted by atomic mass is 35.5. The van der Waals surface area contributed by atoms with Crippen LogP contribution in [0.25, 0.3) is 22.3 Å². The van der Waals surface area contributed by atoms with Crippen molar-refractivity contribution in [2.75, 3.05) is 6.61 Å². The molecule has 27 heavy (non-hydrogen) atoms. The summed E-state index contributed by atoms with van der Waals surface area (Å²) in [6, 6.07) is 17.4. The van der Waals surface area contributed by atoms with Crippen molar-refractivity contribution in [2.24, 2.45) is 0 Å². The van der Waals surface area contributed by atoms with Gasteiger partial charge >= 0.3 is 0 Å². The predicted molar refractivity (Wildman–Crippen MR) is 107 cm³/mol. The Balaban J connectivity index is 1.83. The number of para-hydroxylation sites is 1. The van der Waals surface area contributed by atoms with Gasteiger partial charge in [0.2, 0.25) is 17.0 Å². The monoisotopic (exact) mass is 396 g/mol. The van der Waals surface area contributed by atoms with Crippen LogP contribution in [0.2, 0.25) is 5.02 Å². The summed E-state index contributed by atoms with van der Waals surface area (Å²) < 4.78 is 11.6. The van der Waals surface area contributed by atoms with Crippen molar-refractivity contribution in [3.63, 3.8) is 0 Å². The average Bonchev–Trinajstić information content (AvgIpc) is 3.22. The molecular formula is C21H13ClO4S. The Hall–Kier alpha value is -2.89. The molecule has 0 radical (unpaired) electrons. The molecule has 4 aromatic rings. The quantitative estimate of drug-likeness (QED) is 0.422. The first kappa shape index (κ1) is 17.5. The Bertz CT molecular complexity index is 1180. The number of hydrogen-bond acceptors (Lipinski definition) is 5. The first-order chi connectivity index (χ1) is 13.1. The summed E-state index contributed by atoms with van der Waals surface area (Å²) in [4.78, 5) is 25.9.